The molecule has 0 unspecified atom stereocenters. The predicted molar refractivity (Wildman–Crippen MR) is 82.0 cm³/mol. The monoisotopic (exact) mass is 278 g/mol. The van der Waals surface area contributed by atoms with Crippen molar-refractivity contribution in [1.82, 2.24) is 4.90 Å². The van der Waals surface area contributed by atoms with Crippen molar-refractivity contribution in [3.63, 3.8) is 0 Å². The van der Waals surface area contributed by atoms with Gasteiger partial charge in [-0.05, 0) is 30.5 Å². The number of hydrogen-bond donors (Lipinski definition) is 1. The number of nitrogens with two attached hydrogens (primary N) is 1. The Morgan fingerprint density at radius 1 is 1.05 bits per heavy atom. The Hall–Kier alpha value is -1.10. The van der Waals surface area contributed by atoms with Gasteiger partial charge in [-0.25, -0.2) is 0 Å². The lowest BCUT2D eigenvalue weighted by molar-refractivity contribution is 0.108. The average molecular weight is 278 g/mol. The van der Waals surface area contributed by atoms with E-state index in [-0.39, 0.29) is 0 Å². The van der Waals surface area contributed by atoms with E-state index in [9.17, 15) is 0 Å². The molecule has 0 spiro atoms. The summed E-state index contributed by atoms with van der Waals surface area (Å²) in [6.07, 6.45) is 2.51. The molecule has 112 valence electrons. The SMILES string of the molecule is COCCN(CCOC)CC1(c2ccc(N)cc2)CC1. The first-order valence-electron chi connectivity index (χ1n) is 7.26. The lowest BCUT2D eigenvalue weighted by atomic mass is 9.95. The molecule has 1 saturated carbocycles. The van der Waals surface area contributed by atoms with Crippen LogP contribution >= 0.6 is 0 Å². The minimum atomic E-state index is 0.315. The van der Waals surface area contributed by atoms with Crippen LogP contribution in [0.2, 0.25) is 0 Å². The Morgan fingerprint density at radius 2 is 1.60 bits per heavy atom. The summed E-state index contributed by atoms with van der Waals surface area (Å²) in [7, 11) is 3.50. The zero-order valence-electron chi connectivity index (χ0n) is 12.6. The van der Waals surface area contributed by atoms with Crippen molar-refractivity contribution in [2.24, 2.45) is 0 Å². The van der Waals surface area contributed by atoms with Crippen LogP contribution in [0.15, 0.2) is 24.3 Å². The van der Waals surface area contributed by atoms with Gasteiger partial charge in [0.1, 0.15) is 0 Å². The summed E-state index contributed by atoms with van der Waals surface area (Å²) in [4.78, 5) is 2.44. The van der Waals surface area contributed by atoms with Crippen LogP contribution in [0.25, 0.3) is 0 Å². The largest absolute Gasteiger partial charge is 0.399 e. The van der Waals surface area contributed by atoms with E-state index in [1.165, 1.54) is 18.4 Å². The molecule has 1 aliphatic rings. The highest BCUT2D eigenvalue weighted by molar-refractivity contribution is 5.43. The smallest absolute Gasteiger partial charge is 0.0589 e. The molecule has 0 aromatic heterocycles. The van der Waals surface area contributed by atoms with Gasteiger partial charge < -0.3 is 15.2 Å². The van der Waals surface area contributed by atoms with E-state index in [0.717, 1.165) is 38.5 Å². The van der Waals surface area contributed by atoms with Gasteiger partial charge in [-0.1, -0.05) is 12.1 Å². The van der Waals surface area contributed by atoms with Crippen molar-refractivity contribution >= 4 is 5.69 Å². The van der Waals surface area contributed by atoms with Gasteiger partial charge in [0.05, 0.1) is 13.2 Å². The van der Waals surface area contributed by atoms with E-state index in [2.05, 4.69) is 17.0 Å². The highest BCUT2D eigenvalue weighted by atomic mass is 16.5. The van der Waals surface area contributed by atoms with Gasteiger partial charge >= 0.3 is 0 Å². The number of ether oxygens (including phenoxy) is 2. The normalized spacial score (nSPS) is 16.6. The zero-order valence-corrected chi connectivity index (χ0v) is 12.6. The minimum Gasteiger partial charge on any atom is -0.399 e. The third kappa shape index (κ3) is 3.95. The van der Waals surface area contributed by atoms with Crippen LogP contribution in [0.4, 0.5) is 5.69 Å². The topological polar surface area (TPSA) is 47.7 Å². The van der Waals surface area contributed by atoms with Gasteiger partial charge in [0.2, 0.25) is 0 Å². The lowest BCUT2D eigenvalue weighted by Crippen LogP contribution is -2.37. The molecule has 4 nitrogen and oxygen atoms in total. The van der Waals surface area contributed by atoms with Crippen LogP contribution in [0.5, 0.6) is 0 Å². The fraction of sp³-hybridized carbons (Fsp3) is 0.625. The molecule has 1 aromatic carbocycles. The van der Waals surface area contributed by atoms with Crippen molar-refractivity contribution in [2.75, 3.05) is 52.8 Å². The molecule has 0 radical (unpaired) electrons. The number of nitrogens with zero attached hydrogens (tertiary/aromatic N) is 1. The number of anilines is 1. The third-order valence-corrected chi connectivity index (χ3v) is 4.13. The Morgan fingerprint density at radius 3 is 2.05 bits per heavy atom. The maximum Gasteiger partial charge on any atom is 0.0589 e. The van der Waals surface area contributed by atoms with Crippen molar-refractivity contribution in [3.05, 3.63) is 29.8 Å². The van der Waals surface area contributed by atoms with E-state index in [4.69, 9.17) is 15.2 Å². The molecule has 1 aliphatic carbocycles. The number of benzene rings is 1. The van der Waals surface area contributed by atoms with Crippen molar-refractivity contribution in [3.8, 4) is 0 Å². The number of methoxy groups -OCH3 is 2. The van der Waals surface area contributed by atoms with Crippen molar-refractivity contribution < 1.29 is 9.47 Å². The maximum atomic E-state index is 5.78. The van der Waals surface area contributed by atoms with E-state index < -0.39 is 0 Å². The summed E-state index contributed by atoms with van der Waals surface area (Å²) in [6, 6.07) is 8.36. The molecule has 0 saturated heterocycles. The van der Waals surface area contributed by atoms with Gasteiger partial charge in [-0.15, -0.1) is 0 Å². The molecule has 2 N–H and O–H groups in total. The summed E-state index contributed by atoms with van der Waals surface area (Å²) in [5.41, 5.74) is 8.34. The molecule has 1 fully saturated rings. The molecule has 0 bridgehead atoms. The van der Waals surface area contributed by atoms with Gasteiger partial charge in [0.25, 0.3) is 0 Å². The van der Waals surface area contributed by atoms with Gasteiger partial charge in [-0.2, -0.15) is 0 Å². The van der Waals surface area contributed by atoms with E-state index >= 15 is 0 Å². The van der Waals surface area contributed by atoms with Crippen molar-refractivity contribution in [1.29, 1.82) is 0 Å². The summed E-state index contributed by atoms with van der Waals surface area (Å²) in [5, 5.41) is 0. The highest BCUT2D eigenvalue weighted by Crippen LogP contribution is 2.48. The Kier molecular flexibility index (Phi) is 5.40. The average Bonchev–Trinajstić information content (AvgIpc) is 3.23. The Labute approximate surface area is 121 Å². The Balaban J connectivity index is 1.98. The van der Waals surface area contributed by atoms with Crippen LogP contribution in [0.3, 0.4) is 0 Å². The summed E-state index contributed by atoms with van der Waals surface area (Å²) >= 11 is 0. The first-order chi connectivity index (χ1) is 9.70. The molecule has 0 aliphatic heterocycles. The predicted octanol–water partition coefficient (Wildman–Crippen LogP) is 1.90. The van der Waals surface area contributed by atoms with Crippen LogP contribution < -0.4 is 5.73 Å². The summed E-state index contributed by atoms with van der Waals surface area (Å²) in [6.45, 7) is 4.51. The molecule has 2 rings (SSSR count). The molecule has 4 heteroatoms. The van der Waals surface area contributed by atoms with Crippen LogP contribution in [0, 0.1) is 0 Å². The van der Waals surface area contributed by atoms with Crippen LogP contribution in [-0.4, -0.2) is 52.0 Å². The van der Waals surface area contributed by atoms with Crippen LogP contribution in [-0.2, 0) is 14.9 Å². The second-order valence-electron chi connectivity index (χ2n) is 5.66. The van der Waals surface area contributed by atoms with E-state index in [0.29, 0.717) is 5.41 Å². The minimum absolute atomic E-state index is 0.315. The molecule has 0 atom stereocenters. The third-order valence-electron chi connectivity index (χ3n) is 4.13. The molecule has 1 aromatic rings. The fourth-order valence-electron chi connectivity index (χ4n) is 2.66. The molecular weight excluding hydrogens is 252 g/mol. The van der Waals surface area contributed by atoms with Gasteiger partial charge in [0, 0.05) is 45.0 Å². The number of rotatable bonds is 9. The molecule has 20 heavy (non-hydrogen) atoms. The number of nitrogen functional groups attached to an aromatic ring is 1. The van der Waals surface area contributed by atoms with Crippen molar-refractivity contribution in [2.45, 2.75) is 18.3 Å². The zero-order chi connectivity index (χ0) is 14.4. The number of hydrogen-bond acceptors (Lipinski definition) is 4. The van der Waals surface area contributed by atoms with E-state index in [1.54, 1.807) is 14.2 Å². The Bertz CT molecular complexity index is 393. The first-order valence-corrected chi connectivity index (χ1v) is 7.26. The van der Waals surface area contributed by atoms with Crippen LogP contribution in [0.1, 0.15) is 18.4 Å². The lowest BCUT2D eigenvalue weighted by Gasteiger charge is -2.27. The van der Waals surface area contributed by atoms with Gasteiger partial charge in [0.15, 0.2) is 0 Å². The van der Waals surface area contributed by atoms with Gasteiger partial charge in [-0.3, -0.25) is 4.90 Å². The maximum absolute atomic E-state index is 5.78. The molecular formula is C16H26N2O2. The van der Waals surface area contributed by atoms with E-state index in [1.807, 2.05) is 12.1 Å². The highest BCUT2D eigenvalue weighted by Gasteiger charge is 2.45. The summed E-state index contributed by atoms with van der Waals surface area (Å²) < 4.78 is 10.4. The molecule has 0 heterocycles. The quantitative estimate of drug-likeness (QED) is 0.701. The first kappa shape index (κ1) is 15.3. The summed E-state index contributed by atoms with van der Waals surface area (Å²) in [5.74, 6) is 0. The molecule has 0 amide bonds. The second kappa shape index (κ2) is 7.07. The standard InChI is InChI=1S/C16H26N2O2/c1-19-11-9-18(10-12-20-2)13-16(7-8-16)14-3-5-15(17)6-4-14/h3-6H,7-13,17H2,1-2H3. The second-order valence-corrected chi connectivity index (χ2v) is 5.66. The fourth-order valence-corrected chi connectivity index (χ4v) is 2.66.